The minimum absolute atomic E-state index is 0.0388. The Morgan fingerprint density at radius 3 is 2.49 bits per heavy atom. The van der Waals surface area contributed by atoms with Gasteiger partial charge in [-0.2, -0.15) is 31.4 Å². The second-order valence-electron chi connectivity index (χ2n) is 9.60. The molecule has 4 rings (SSSR count). The molecular formula is C29H27F6N3O3. The van der Waals surface area contributed by atoms with Crippen molar-refractivity contribution in [1.82, 2.24) is 9.78 Å². The van der Waals surface area contributed by atoms with Gasteiger partial charge in [-0.15, -0.1) is 0 Å². The number of rotatable bonds is 10. The van der Waals surface area contributed by atoms with Gasteiger partial charge in [0.25, 0.3) is 0 Å². The van der Waals surface area contributed by atoms with E-state index in [1.165, 1.54) is 0 Å². The number of halogens is 6. The van der Waals surface area contributed by atoms with Gasteiger partial charge in [-0.25, -0.2) is 9.48 Å². The number of allylic oxidation sites excluding steroid dienone is 1. The smallest absolute Gasteiger partial charge is 0.434 e. The maximum Gasteiger partial charge on any atom is 0.434 e. The molecule has 12 heteroatoms. The van der Waals surface area contributed by atoms with E-state index >= 15 is 0 Å². The summed E-state index contributed by atoms with van der Waals surface area (Å²) in [5.41, 5.74) is 1.73. The Morgan fingerprint density at radius 2 is 1.80 bits per heavy atom. The van der Waals surface area contributed by atoms with Crippen LogP contribution in [-0.4, -0.2) is 39.4 Å². The molecule has 2 aromatic carbocycles. The number of aryl methyl sites for hydroxylation is 3. The van der Waals surface area contributed by atoms with E-state index in [4.69, 9.17) is 4.74 Å². The Bertz CT molecular complexity index is 1460. The van der Waals surface area contributed by atoms with Gasteiger partial charge in [0.05, 0.1) is 18.5 Å². The molecule has 2 heterocycles. The standard InChI is InChI=1S/C29H27F6N3O3/c1-18-16-21(41-15-5-14-28(30,31)32)13-12-19(18)10-11-20-6-2-3-7-22(20)24-8-4-9-25(37-24)38-26(29(33,34)35)23(17-36-38)27(39)40/h2-4,6-8,12-13,16-17,25H,5,9-11,14-15H2,1H3,(H,39,40). The highest BCUT2D eigenvalue weighted by molar-refractivity contribution is 6.10. The number of hydrogen-bond acceptors (Lipinski definition) is 4. The molecule has 0 saturated carbocycles. The first-order valence-electron chi connectivity index (χ1n) is 12.8. The first-order chi connectivity index (χ1) is 19.3. The van der Waals surface area contributed by atoms with E-state index < -0.39 is 42.2 Å². The number of dihydropyridines is 1. The Labute approximate surface area is 232 Å². The van der Waals surface area contributed by atoms with Gasteiger partial charge in [0, 0.05) is 18.4 Å². The van der Waals surface area contributed by atoms with Crippen LogP contribution in [0.3, 0.4) is 0 Å². The maximum absolute atomic E-state index is 13.7. The van der Waals surface area contributed by atoms with Gasteiger partial charge in [-0.1, -0.05) is 36.4 Å². The summed E-state index contributed by atoms with van der Waals surface area (Å²) in [5.74, 6) is -1.23. The zero-order valence-electron chi connectivity index (χ0n) is 22.0. The molecule has 218 valence electrons. The molecule has 41 heavy (non-hydrogen) atoms. The molecule has 1 N–H and O–H groups in total. The number of aliphatic imine (C=N–C) groups is 1. The number of carboxylic acid groups (broad SMARTS) is 1. The first kappa shape index (κ1) is 29.9. The highest BCUT2D eigenvalue weighted by Crippen LogP contribution is 2.35. The number of carboxylic acids is 1. The van der Waals surface area contributed by atoms with Crippen LogP contribution in [-0.2, 0) is 19.0 Å². The van der Waals surface area contributed by atoms with Crippen LogP contribution in [0, 0.1) is 6.92 Å². The lowest BCUT2D eigenvalue weighted by atomic mass is 9.94. The molecule has 6 nitrogen and oxygen atoms in total. The molecule has 1 aromatic heterocycles. The molecule has 1 atom stereocenters. The normalized spacial score (nSPS) is 15.6. The van der Waals surface area contributed by atoms with E-state index in [0.29, 0.717) is 35.2 Å². The molecule has 3 aromatic rings. The number of carbonyl (C=O) groups is 1. The molecule has 0 bridgehead atoms. The zero-order valence-corrected chi connectivity index (χ0v) is 22.0. The topological polar surface area (TPSA) is 76.7 Å². The summed E-state index contributed by atoms with van der Waals surface area (Å²) < 4.78 is 84.3. The quantitative estimate of drug-likeness (QED) is 0.201. The van der Waals surface area contributed by atoms with Crippen LogP contribution >= 0.6 is 0 Å². The summed E-state index contributed by atoms with van der Waals surface area (Å²) in [5, 5.41) is 12.9. The second kappa shape index (κ2) is 12.2. The average molecular weight is 580 g/mol. The Hall–Kier alpha value is -4.09. The third-order valence-electron chi connectivity index (χ3n) is 6.63. The number of nitrogens with zero attached hydrogens (tertiary/aromatic N) is 3. The van der Waals surface area contributed by atoms with Crippen molar-refractivity contribution in [2.24, 2.45) is 4.99 Å². The van der Waals surface area contributed by atoms with Gasteiger partial charge < -0.3 is 9.84 Å². The van der Waals surface area contributed by atoms with Crippen LogP contribution in [0.25, 0.3) is 0 Å². The summed E-state index contributed by atoms with van der Waals surface area (Å²) in [6.45, 7) is 1.85. The van der Waals surface area contributed by atoms with Crippen molar-refractivity contribution in [3.8, 4) is 5.75 Å². The van der Waals surface area contributed by atoms with Crippen molar-refractivity contribution in [3.05, 3.63) is 94.3 Å². The lowest BCUT2D eigenvalue weighted by molar-refractivity contribution is -0.145. The first-order valence-corrected chi connectivity index (χ1v) is 12.8. The van der Waals surface area contributed by atoms with Crippen LogP contribution in [0.1, 0.15) is 63.7 Å². The monoisotopic (exact) mass is 579 g/mol. The molecule has 0 aliphatic carbocycles. The summed E-state index contributed by atoms with van der Waals surface area (Å²) in [6.07, 6.45) is -5.83. The van der Waals surface area contributed by atoms with Gasteiger partial charge in [0.2, 0.25) is 0 Å². The average Bonchev–Trinajstić information content (AvgIpc) is 3.37. The number of hydrogen-bond donors (Lipinski definition) is 1. The van der Waals surface area contributed by atoms with Crippen LogP contribution in [0.2, 0.25) is 0 Å². The van der Waals surface area contributed by atoms with Crippen molar-refractivity contribution >= 4 is 11.7 Å². The Kier molecular flexibility index (Phi) is 8.89. The number of aromatic carboxylic acids is 1. The molecule has 1 aliphatic heterocycles. The summed E-state index contributed by atoms with van der Waals surface area (Å²) >= 11 is 0. The van der Waals surface area contributed by atoms with Crippen LogP contribution in [0.4, 0.5) is 26.3 Å². The van der Waals surface area contributed by atoms with Crippen molar-refractivity contribution in [3.63, 3.8) is 0 Å². The van der Waals surface area contributed by atoms with E-state index in [2.05, 4.69) is 10.1 Å². The van der Waals surface area contributed by atoms with Gasteiger partial charge in [0.15, 0.2) is 5.69 Å². The molecule has 0 spiro atoms. The van der Waals surface area contributed by atoms with Crippen molar-refractivity contribution in [1.29, 1.82) is 0 Å². The van der Waals surface area contributed by atoms with Gasteiger partial charge in [-0.05, 0) is 61.1 Å². The fraction of sp³-hybridized carbons (Fsp3) is 0.345. The van der Waals surface area contributed by atoms with Crippen molar-refractivity contribution in [2.75, 3.05) is 6.61 Å². The Balaban J connectivity index is 1.50. The van der Waals surface area contributed by atoms with Crippen LogP contribution < -0.4 is 4.74 Å². The van der Waals surface area contributed by atoms with E-state index in [9.17, 15) is 36.2 Å². The molecule has 1 aliphatic rings. The number of aromatic nitrogens is 2. The summed E-state index contributed by atoms with van der Waals surface area (Å²) in [7, 11) is 0. The minimum Gasteiger partial charge on any atom is -0.494 e. The molecule has 0 radical (unpaired) electrons. The summed E-state index contributed by atoms with van der Waals surface area (Å²) in [6, 6.07) is 12.7. The van der Waals surface area contributed by atoms with Gasteiger partial charge in [-0.3, -0.25) is 4.99 Å². The van der Waals surface area contributed by atoms with E-state index in [1.807, 2.05) is 31.2 Å². The number of ether oxygens (including phenoxy) is 1. The zero-order chi connectivity index (χ0) is 29.8. The fourth-order valence-corrected chi connectivity index (χ4v) is 4.66. The number of alkyl halides is 6. The lowest BCUT2D eigenvalue weighted by Crippen LogP contribution is -2.23. The second-order valence-corrected chi connectivity index (χ2v) is 9.60. The third kappa shape index (κ3) is 7.56. The Morgan fingerprint density at radius 1 is 1.07 bits per heavy atom. The third-order valence-corrected chi connectivity index (χ3v) is 6.63. The van der Waals surface area contributed by atoms with Crippen molar-refractivity contribution in [2.45, 2.75) is 57.5 Å². The highest BCUT2D eigenvalue weighted by atomic mass is 19.4. The van der Waals surface area contributed by atoms with E-state index in [-0.39, 0.29) is 19.4 Å². The molecule has 0 saturated heterocycles. The summed E-state index contributed by atoms with van der Waals surface area (Å²) in [4.78, 5) is 15.9. The minimum atomic E-state index is -4.93. The SMILES string of the molecule is Cc1cc(OCCCC(F)(F)F)ccc1CCc1ccccc1C1=NC(n2ncc(C(=O)O)c2C(F)(F)F)CC=C1. The predicted octanol–water partition coefficient (Wildman–Crippen LogP) is 7.36. The highest BCUT2D eigenvalue weighted by Gasteiger charge is 2.42. The van der Waals surface area contributed by atoms with Crippen LogP contribution in [0.5, 0.6) is 5.75 Å². The lowest BCUT2D eigenvalue weighted by Gasteiger charge is -2.21. The van der Waals surface area contributed by atoms with E-state index in [0.717, 1.165) is 22.3 Å². The molecular weight excluding hydrogens is 552 g/mol. The van der Waals surface area contributed by atoms with Gasteiger partial charge in [0.1, 0.15) is 17.5 Å². The fourth-order valence-electron chi connectivity index (χ4n) is 4.66. The van der Waals surface area contributed by atoms with Crippen molar-refractivity contribution < 1.29 is 41.0 Å². The molecule has 0 fully saturated rings. The predicted molar refractivity (Wildman–Crippen MR) is 139 cm³/mol. The van der Waals surface area contributed by atoms with Gasteiger partial charge >= 0.3 is 18.3 Å². The maximum atomic E-state index is 13.7. The largest absolute Gasteiger partial charge is 0.494 e. The van der Waals surface area contributed by atoms with Crippen LogP contribution in [0.15, 0.2) is 65.8 Å². The molecule has 1 unspecified atom stereocenters. The molecule has 0 amide bonds. The van der Waals surface area contributed by atoms with E-state index in [1.54, 1.807) is 30.4 Å². The number of benzene rings is 2.